The van der Waals surface area contributed by atoms with Crippen molar-refractivity contribution in [2.24, 2.45) is 0 Å². The third kappa shape index (κ3) is 3.18. The molecule has 30 heavy (non-hydrogen) atoms. The largest absolute Gasteiger partial charge is 0.352 e. The maximum Gasteiger partial charge on any atom is 0.332 e. The van der Waals surface area contributed by atoms with Gasteiger partial charge in [0.25, 0.3) is 0 Å². The highest BCUT2D eigenvalue weighted by atomic mass is 19.1. The first-order chi connectivity index (χ1) is 14.3. The number of imide groups is 1. The minimum absolute atomic E-state index is 0.0664. The molecule has 4 amide bonds. The Hall–Kier alpha value is -3.73. The van der Waals surface area contributed by atoms with Crippen molar-refractivity contribution < 1.29 is 23.2 Å². The number of nitrogens with one attached hydrogen (secondary N) is 1. The smallest absolute Gasteiger partial charge is 0.332 e. The van der Waals surface area contributed by atoms with E-state index < -0.39 is 40.7 Å². The van der Waals surface area contributed by atoms with Gasteiger partial charge in [0.2, 0.25) is 11.8 Å². The number of carbonyl (C=O) groups excluding carboxylic acids is 3. The lowest BCUT2D eigenvalue weighted by Crippen LogP contribution is -2.72. The van der Waals surface area contributed by atoms with Crippen LogP contribution in [0.4, 0.5) is 19.3 Å². The molecule has 2 aromatic rings. The van der Waals surface area contributed by atoms with Gasteiger partial charge in [-0.15, -0.1) is 0 Å². The van der Waals surface area contributed by atoms with Crippen LogP contribution in [0.1, 0.15) is 24.5 Å². The molecule has 0 aromatic heterocycles. The first-order valence-electron chi connectivity index (χ1n) is 9.30. The maximum atomic E-state index is 14.8. The summed E-state index contributed by atoms with van der Waals surface area (Å²) in [5.41, 5.74) is -1.40. The predicted molar refractivity (Wildman–Crippen MR) is 104 cm³/mol. The van der Waals surface area contributed by atoms with Crippen LogP contribution in [0, 0.1) is 23.5 Å². The van der Waals surface area contributed by atoms with E-state index in [2.05, 4.69) is 17.2 Å². The van der Waals surface area contributed by atoms with E-state index in [1.54, 1.807) is 24.3 Å². The molecule has 0 saturated carbocycles. The topological polar surface area (TPSA) is 69.7 Å². The van der Waals surface area contributed by atoms with Gasteiger partial charge < -0.3 is 10.2 Å². The van der Waals surface area contributed by atoms with Crippen LogP contribution >= 0.6 is 0 Å². The Balaban J connectivity index is 1.69. The van der Waals surface area contributed by atoms with Gasteiger partial charge in [0, 0.05) is 24.2 Å². The van der Waals surface area contributed by atoms with Crippen LogP contribution in [-0.4, -0.2) is 41.4 Å². The first kappa shape index (κ1) is 19.6. The minimum Gasteiger partial charge on any atom is -0.352 e. The molecule has 8 heteroatoms. The molecule has 0 bridgehead atoms. The fourth-order valence-electron chi connectivity index (χ4n) is 3.66. The van der Waals surface area contributed by atoms with Crippen LogP contribution in [0.2, 0.25) is 0 Å². The monoisotopic (exact) mass is 409 g/mol. The number of piperazine rings is 1. The van der Waals surface area contributed by atoms with Gasteiger partial charge >= 0.3 is 6.03 Å². The highest BCUT2D eigenvalue weighted by Gasteiger charge is 2.53. The molecule has 4 rings (SSSR count). The number of fused-ring (bicyclic) bond motifs is 1. The fraction of sp³-hybridized carbons (Fsp3) is 0.227. The van der Waals surface area contributed by atoms with E-state index in [1.165, 1.54) is 11.8 Å². The van der Waals surface area contributed by atoms with Gasteiger partial charge in [-0.1, -0.05) is 30.0 Å². The van der Waals surface area contributed by atoms with Crippen molar-refractivity contribution >= 4 is 23.5 Å². The van der Waals surface area contributed by atoms with Gasteiger partial charge in [0.1, 0.15) is 11.2 Å². The van der Waals surface area contributed by atoms with E-state index in [0.717, 1.165) is 12.1 Å². The predicted octanol–water partition coefficient (Wildman–Crippen LogP) is 2.41. The van der Waals surface area contributed by atoms with E-state index in [-0.39, 0.29) is 25.1 Å². The molecule has 1 N–H and O–H groups in total. The number of anilines is 1. The third-order valence-electron chi connectivity index (χ3n) is 5.24. The lowest BCUT2D eigenvalue weighted by atomic mass is 9.89. The van der Waals surface area contributed by atoms with E-state index in [9.17, 15) is 23.2 Å². The lowest BCUT2D eigenvalue weighted by Gasteiger charge is -2.48. The standard InChI is InChI=1S/C22H17F2N3O3/c1-22-13-18(28)27(21(30)26(22)10-9-25-20(22)29)19-16(23)11-15(12-17(19)24)8-7-14-5-3-2-4-6-14/h2-6,11-12H,9-10,13H2,1H3,(H,25,29)/t22-/m0/s1. The van der Waals surface area contributed by atoms with Crippen molar-refractivity contribution in [2.75, 3.05) is 18.0 Å². The molecule has 2 saturated heterocycles. The van der Waals surface area contributed by atoms with Crippen molar-refractivity contribution in [1.82, 2.24) is 10.2 Å². The Bertz CT molecular complexity index is 1100. The number of nitrogens with zero attached hydrogens (tertiary/aromatic N) is 2. The van der Waals surface area contributed by atoms with Crippen LogP contribution in [0.3, 0.4) is 0 Å². The van der Waals surface area contributed by atoms with Gasteiger partial charge in [-0.2, -0.15) is 0 Å². The summed E-state index contributed by atoms with van der Waals surface area (Å²) in [4.78, 5) is 39.4. The molecule has 1 atom stereocenters. The Morgan fingerprint density at radius 1 is 1.00 bits per heavy atom. The zero-order valence-electron chi connectivity index (χ0n) is 16.0. The van der Waals surface area contributed by atoms with Crippen LogP contribution in [0.15, 0.2) is 42.5 Å². The van der Waals surface area contributed by atoms with Gasteiger partial charge in [0.15, 0.2) is 11.6 Å². The molecule has 6 nitrogen and oxygen atoms in total. The zero-order chi connectivity index (χ0) is 21.5. The normalized spacial score (nSPS) is 21.0. The highest BCUT2D eigenvalue weighted by Crippen LogP contribution is 2.35. The number of hydrogen-bond donors (Lipinski definition) is 1. The molecule has 2 aliphatic rings. The number of urea groups is 1. The van der Waals surface area contributed by atoms with Crippen LogP contribution < -0.4 is 10.2 Å². The summed E-state index contributed by atoms with van der Waals surface area (Å²) in [7, 11) is 0. The molecule has 152 valence electrons. The van der Waals surface area contributed by atoms with Gasteiger partial charge in [-0.3, -0.25) is 9.59 Å². The van der Waals surface area contributed by atoms with Gasteiger partial charge in [-0.25, -0.2) is 18.5 Å². The molecule has 2 heterocycles. The van der Waals surface area contributed by atoms with E-state index in [1.807, 2.05) is 6.07 Å². The molecule has 2 aromatic carbocycles. The van der Waals surface area contributed by atoms with E-state index in [0.29, 0.717) is 10.5 Å². The van der Waals surface area contributed by atoms with Gasteiger partial charge in [0.05, 0.1) is 6.42 Å². The Morgan fingerprint density at radius 3 is 2.30 bits per heavy atom. The van der Waals surface area contributed by atoms with E-state index in [4.69, 9.17) is 0 Å². The maximum absolute atomic E-state index is 14.8. The number of carbonyl (C=O) groups is 3. The summed E-state index contributed by atoms with van der Waals surface area (Å²) in [5, 5.41) is 2.61. The summed E-state index contributed by atoms with van der Waals surface area (Å²) >= 11 is 0. The molecule has 0 spiro atoms. The Kier molecular flexibility index (Phi) is 4.74. The summed E-state index contributed by atoms with van der Waals surface area (Å²) in [6.07, 6.45) is -0.376. The van der Waals surface area contributed by atoms with Crippen LogP contribution in [-0.2, 0) is 9.59 Å². The number of halogens is 2. The molecular formula is C22H17F2N3O3. The van der Waals surface area contributed by atoms with Crippen molar-refractivity contribution in [3.8, 4) is 11.8 Å². The number of rotatable bonds is 1. The van der Waals surface area contributed by atoms with Crippen molar-refractivity contribution in [3.63, 3.8) is 0 Å². The molecule has 0 aliphatic carbocycles. The molecule has 2 aliphatic heterocycles. The first-order valence-corrected chi connectivity index (χ1v) is 9.30. The number of amides is 4. The lowest BCUT2D eigenvalue weighted by molar-refractivity contribution is -0.140. The number of benzene rings is 2. The average Bonchev–Trinajstić information content (AvgIpc) is 2.70. The summed E-state index contributed by atoms with van der Waals surface area (Å²) in [6, 6.07) is 9.94. The molecule has 0 radical (unpaired) electrons. The van der Waals surface area contributed by atoms with Crippen LogP contribution in [0.25, 0.3) is 0 Å². The van der Waals surface area contributed by atoms with Crippen LogP contribution in [0.5, 0.6) is 0 Å². The Morgan fingerprint density at radius 2 is 1.63 bits per heavy atom. The summed E-state index contributed by atoms with van der Waals surface area (Å²) < 4.78 is 29.6. The van der Waals surface area contributed by atoms with Crippen molar-refractivity contribution in [1.29, 1.82) is 0 Å². The zero-order valence-corrected chi connectivity index (χ0v) is 16.0. The minimum atomic E-state index is -1.38. The second-order valence-electron chi connectivity index (χ2n) is 7.27. The van der Waals surface area contributed by atoms with Gasteiger partial charge in [-0.05, 0) is 31.2 Å². The molecular weight excluding hydrogens is 392 g/mol. The molecule has 2 fully saturated rings. The number of hydrogen-bond acceptors (Lipinski definition) is 3. The second-order valence-corrected chi connectivity index (χ2v) is 7.27. The third-order valence-corrected chi connectivity index (χ3v) is 5.24. The Labute approximate surface area is 171 Å². The summed E-state index contributed by atoms with van der Waals surface area (Å²) in [5.74, 6) is 1.98. The quantitative estimate of drug-likeness (QED) is 0.736. The highest BCUT2D eigenvalue weighted by molar-refractivity contribution is 6.19. The summed E-state index contributed by atoms with van der Waals surface area (Å²) in [6.45, 7) is 1.79. The van der Waals surface area contributed by atoms with Crippen molar-refractivity contribution in [3.05, 3.63) is 65.2 Å². The fourth-order valence-corrected chi connectivity index (χ4v) is 3.66. The SMILES string of the molecule is C[C@@]12CC(=O)N(c3c(F)cc(C#Cc4ccccc4)cc3F)C(=O)N1CCNC2=O. The van der Waals surface area contributed by atoms with E-state index >= 15 is 0 Å². The molecule has 0 unspecified atom stereocenters. The van der Waals surface area contributed by atoms with Crippen molar-refractivity contribution in [2.45, 2.75) is 18.9 Å². The second kappa shape index (κ2) is 7.26. The average molecular weight is 409 g/mol.